The van der Waals surface area contributed by atoms with Gasteiger partial charge in [0.25, 0.3) is 0 Å². The van der Waals surface area contributed by atoms with Crippen molar-refractivity contribution in [2.75, 3.05) is 0 Å². The van der Waals surface area contributed by atoms with Gasteiger partial charge in [0.15, 0.2) is 0 Å². The predicted molar refractivity (Wildman–Crippen MR) is 62.2 cm³/mol. The van der Waals surface area contributed by atoms with Crippen LogP contribution < -0.4 is 0 Å². The van der Waals surface area contributed by atoms with Gasteiger partial charge < -0.3 is 0 Å². The van der Waals surface area contributed by atoms with Crippen molar-refractivity contribution in [1.82, 2.24) is 0 Å². The molecule has 0 aromatic carbocycles. The Morgan fingerprint density at radius 2 is 1.86 bits per heavy atom. The van der Waals surface area contributed by atoms with Crippen molar-refractivity contribution in [1.29, 1.82) is 0 Å². The summed E-state index contributed by atoms with van der Waals surface area (Å²) in [5.41, 5.74) is 2.18. The van der Waals surface area contributed by atoms with Gasteiger partial charge in [-0.1, -0.05) is 51.3 Å². The Labute approximate surface area is 88.1 Å². The van der Waals surface area contributed by atoms with E-state index < -0.39 is 0 Å². The van der Waals surface area contributed by atoms with Gasteiger partial charge in [0.1, 0.15) is 0 Å². The minimum atomic E-state index is 0.533. The molecule has 0 saturated heterocycles. The zero-order valence-electron chi connectivity index (χ0n) is 9.55. The van der Waals surface area contributed by atoms with Gasteiger partial charge >= 0.3 is 0 Å². The van der Waals surface area contributed by atoms with Crippen LogP contribution in [0.1, 0.15) is 52.4 Å². The lowest BCUT2D eigenvalue weighted by atomic mass is 9.63. The summed E-state index contributed by atoms with van der Waals surface area (Å²) in [6, 6.07) is 0. The molecule has 0 unspecified atom stereocenters. The lowest BCUT2D eigenvalue weighted by Crippen LogP contribution is -2.31. The third kappa shape index (κ3) is 1.55. The van der Waals surface area contributed by atoms with Crippen molar-refractivity contribution in [3.05, 3.63) is 23.8 Å². The van der Waals surface area contributed by atoms with Crippen LogP contribution in [0.3, 0.4) is 0 Å². The minimum Gasteiger partial charge on any atom is -0.0804 e. The van der Waals surface area contributed by atoms with Gasteiger partial charge in [0.05, 0.1) is 0 Å². The molecule has 2 aliphatic carbocycles. The van der Waals surface area contributed by atoms with Crippen LogP contribution in [0.4, 0.5) is 0 Å². The highest BCUT2D eigenvalue weighted by molar-refractivity contribution is 5.33. The molecule has 0 bridgehead atoms. The molecule has 0 heterocycles. The number of hydrogen-bond donors (Lipinski definition) is 0. The van der Waals surface area contributed by atoms with E-state index in [0.29, 0.717) is 5.41 Å². The molecule has 2 aliphatic rings. The highest BCUT2D eigenvalue weighted by atomic mass is 14.4. The topological polar surface area (TPSA) is 0 Å². The zero-order valence-corrected chi connectivity index (χ0v) is 9.55. The van der Waals surface area contributed by atoms with Crippen molar-refractivity contribution in [3.8, 4) is 0 Å². The van der Waals surface area contributed by atoms with Gasteiger partial charge in [-0.05, 0) is 36.2 Å². The molecule has 0 radical (unpaired) electrons. The molecule has 0 nitrogen and oxygen atoms in total. The Bertz CT molecular complexity index is 249. The average Bonchev–Trinajstić information content (AvgIpc) is 2.72. The first-order valence-electron chi connectivity index (χ1n) is 6.13. The number of hydrogen-bond acceptors (Lipinski definition) is 0. The summed E-state index contributed by atoms with van der Waals surface area (Å²) in [6.45, 7) is 4.80. The van der Waals surface area contributed by atoms with Gasteiger partial charge in [-0.2, -0.15) is 0 Å². The van der Waals surface area contributed by atoms with Crippen LogP contribution in [0.15, 0.2) is 23.8 Å². The minimum absolute atomic E-state index is 0.533. The zero-order chi connectivity index (χ0) is 10.0. The Hall–Kier alpha value is -0.520. The van der Waals surface area contributed by atoms with Crippen molar-refractivity contribution < 1.29 is 0 Å². The van der Waals surface area contributed by atoms with Gasteiger partial charge in [-0.3, -0.25) is 0 Å². The third-order valence-corrected chi connectivity index (χ3v) is 4.20. The normalized spacial score (nSPS) is 25.5. The summed E-state index contributed by atoms with van der Waals surface area (Å²) in [6.07, 6.45) is 15.5. The maximum atomic E-state index is 2.45. The summed E-state index contributed by atoms with van der Waals surface area (Å²) >= 11 is 0. The largest absolute Gasteiger partial charge is 0.0804 e. The first-order valence-corrected chi connectivity index (χ1v) is 6.13. The Morgan fingerprint density at radius 1 is 1.14 bits per heavy atom. The smallest absolute Gasteiger partial charge is 0.00272 e. The molecule has 0 aromatic rings. The molecule has 78 valence electrons. The summed E-state index contributed by atoms with van der Waals surface area (Å²) in [7, 11) is 0. The standard InChI is InChI=1S/C14H22/c1-12(2)14(10-6-3-7-11-14)13-8-4-5-9-13/h4,8-9,12H,3,5-7,10-11H2,1-2H3. The molecular formula is C14H22. The molecule has 14 heavy (non-hydrogen) atoms. The monoisotopic (exact) mass is 190 g/mol. The van der Waals surface area contributed by atoms with Crippen LogP contribution in [-0.4, -0.2) is 0 Å². The molecule has 1 saturated carbocycles. The predicted octanol–water partition coefficient (Wildman–Crippen LogP) is 4.48. The van der Waals surface area contributed by atoms with Crippen LogP contribution in [0, 0.1) is 11.3 Å². The lowest BCUT2D eigenvalue weighted by molar-refractivity contribution is 0.170. The van der Waals surface area contributed by atoms with Crippen LogP contribution in [0.5, 0.6) is 0 Å². The fraction of sp³-hybridized carbons (Fsp3) is 0.714. The fourth-order valence-corrected chi connectivity index (χ4v) is 3.21. The second-order valence-corrected chi connectivity index (χ2v) is 5.17. The van der Waals surface area contributed by atoms with Crippen LogP contribution >= 0.6 is 0 Å². The van der Waals surface area contributed by atoms with Crippen molar-refractivity contribution >= 4 is 0 Å². The van der Waals surface area contributed by atoms with E-state index in [-0.39, 0.29) is 0 Å². The number of rotatable bonds is 2. The van der Waals surface area contributed by atoms with E-state index in [1.54, 1.807) is 5.57 Å². The molecule has 0 N–H and O–H groups in total. The lowest BCUT2D eigenvalue weighted by Gasteiger charge is -2.42. The van der Waals surface area contributed by atoms with Gasteiger partial charge in [-0.15, -0.1) is 0 Å². The summed E-state index contributed by atoms with van der Waals surface area (Å²) in [5, 5.41) is 0. The quantitative estimate of drug-likeness (QED) is 0.602. The Balaban J connectivity index is 2.24. The molecule has 0 amide bonds. The Morgan fingerprint density at radius 3 is 2.36 bits per heavy atom. The molecular weight excluding hydrogens is 168 g/mol. The maximum absolute atomic E-state index is 2.45. The van der Waals surface area contributed by atoms with E-state index in [1.165, 1.54) is 38.5 Å². The average molecular weight is 190 g/mol. The first-order chi connectivity index (χ1) is 6.76. The molecule has 0 aliphatic heterocycles. The van der Waals surface area contributed by atoms with Crippen molar-refractivity contribution in [2.24, 2.45) is 11.3 Å². The van der Waals surface area contributed by atoms with Gasteiger partial charge in [0.2, 0.25) is 0 Å². The maximum Gasteiger partial charge on any atom is -0.00272 e. The summed E-state index contributed by atoms with van der Waals surface area (Å²) < 4.78 is 0. The highest BCUT2D eigenvalue weighted by Gasteiger charge is 2.37. The molecule has 0 spiro atoms. The third-order valence-electron chi connectivity index (χ3n) is 4.20. The van der Waals surface area contributed by atoms with Crippen molar-refractivity contribution in [2.45, 2.75) is 52.4 Å². The van der Waals surface area contributed by atoms with Crippen LogP contribution in [0.2, 0.25) is 0 Å². The van der Waals surface area contributed by atoms with Gasteiger partial charge in [-0.25, -0.2) is 0 Å². The molecule has 2 rings (SSSR count). The van der Waals surface area contributed by atoms with Gasteiger partial charge in [0, 0.05) is 0 Å². The summed E-state index contributed by atoms with van der Waals surface area (Å²) in [5.74, 6) is 0.803. The van der Waals surface area contributed by atoms with E-state index in [0.717, 1.165) is 5.92 Å². The molecule has 0 atom stereocenters. The van der Waals surface area contributed by atoms with Crippen molar-refractivity contribution in [3.63, 3.8) is 0 Å². The van der Waals surface area contributed by atoms with E-state index >= 15 is 0 Å². The highest BCUT2D eigenvalue weighted by Crippen LogP contribution is 2.49. The SMILES string of the molecule is CC(C)C1(C2=CCC=C2)CCCCC1. The Kier molecular flexibility index (Phi) is 2.80. The van der Waals surface area contributed by atoms with E-state index in [9.17, 15) is 0 Å². The molecule has 1 fully saturated rings. The van der Waals surface area contributed by atoms with E-state index in [2.05, 4.69) is 32.1 Å². The fourth-order valence-electron chi connectivity index (χ4n) is 3.21. The first kappa shape index (κ1) is 10.0. The molecule has 0 heteroatoms. The van der Waals surface area contributed by atoms with Crippen LogP contribution in [0.25, 0.3) is 0 Å². The summed E-state index contributed by atoms with van der Waals surface area (Å²) in [4.78, 5) is 0. The second-order valence-electron chi connectivity index (χ2n) is 5.17. The van der Waals surface area contributed by atoms with Crippen LogP contribution in [-0.2, 0) is 0 Å². The number of allylic oxidation sites excluding steroid dienone is 4. The van der Waals surface area contributed by atoms with E-state index in [4.69, 9.17) is 0 Å². The van der Waals surface area contributed by atoms with E-state index in [1.807, 2.05) is 0 Å². The second kappa shape index (κ2) is 3.92. The molecule has 0 aromatic heterocycles.